The maximum absolute atomic E-state index is 5.59. The van der Waals surface area contributed by atoms with Crippen LogP contribution < -0.4 is 5.32 Å². The second-order valence-electron chi connectivity index (χ2n) is 4.14. The number of nitrogens with one attached hydrogen (secondary N) is 1. The molecule has 1 rings (SSSR count). The molecule has 1 saturated heterocycles. The van der Waals surface area contributed by atoms with E-state index in [2.05, 4.69) is 19.2 Å². The number of rotatable bonds is 4. The van der Waals surface area contributed by atoms with Gasteiger partial charge in [-0.3, -0.25) is 0 Å². The fraction of sp³-hybridized carbons (Fsp3) is 1.00. The average Bonchev–Trinajstić information content (AvgIpc) is 2.05. The number of halogens is 1. The van der Waals surface area contributed by atoms with Gasteiger partial charge in [0.15, 0.2) is 0 Å². The van der Waals surface area contributed by atoms with Crippen molar-refractivity contribution < 1.29 is 4.74 Å². The van der Waals surface area contributed by atoms with E-state index in [-0.39, 0.29) is 12.4 Å². The number of hydrogen-bond acceptors (Lipinski definition) is 2. The molecule has 0 aromatic heterocycles. The quantitative estimate of drug-likeness (QED) is 0.763. The fourth-order valence-electron chi connectivity index (χ4n) is 1.54. The second-order valence-corrected chi connectivity index (χ2v) is 4.14. The van der Waals surface area contributed by atoms with Gasteiger partial charge in [-0.1, -0.05) is 13.8 Å². The molecule has 1 aliphatic rings. The molecule has 13 heavy (non-hydrogen) atoms. The molecule has 1 unspecified atom stereocenters. The molecular weight excluding hydrogens is 186 g/mol. The molecule has 0 aromatic carbocycles. The van der Waals surface area contributed by atoms with Crippen LogP contribution in [-0.4, -0.2) is 26.3 Å². The third-order valence-corrected chi connectivity index (χ3v) is 2.20. The van der Waals surface area contributed by atoms with E-state index in [1.54, 1.807) is 0 Å². The Morgan fingerprint density at radius 3 is 2.77 bits per heavy atom. The van der Waals surface area contributed by atoms with Crippen molar-refractivity contribution in [3.8, 4) is 0 Å². The van der Waals surface area contributed by atoms with Crippen molar-refractivity contribution in [2.75, 3.05) is 26.3 Å². The van der Waals surface area contributed by atoms with Crippen LogP contribution in [0.5, 0.6) is 0 Å². The van der Waals surface area contributed by atoms with Crippen LogP contribution in [0.2, 0.25) is 0 Å². The minimum Gasteiger partial charge on any atom is -0.381 e. The van der Waals surface area contributed by atoms with Crippen molar-refractivity contribution in [2.45, 2.75) is 26.7 Å². The topological polar surface area (TPSA) is 21.3 Å². The van der Waals surface area contributed by atoms with Gasteiger partial charge in [-0.2, -0.15) is 0 Å². The number of piperidine rings is 1. The van der Waals surface area contributed by atoms with Crippen LogP contribution in [0, 0.1) is 11.8 Å². The molecule has 2 nitrogen and oxygen atoms in total. The first-order valence-corrected chi connectivity index (χ1v) is 5.07. The summed E-state index contributed by atoms with van der Waals surface area (Å²) in [6, 6.07) is 0. The van der Waals surface area contributed by atoms with E-state index >= 15 is 0 Å². The van der Waals surface area contributed by atoms with Crippen molar-refractivity contribution in [1.29, 1.82) is 0 Å². The van der Waals surface area contributed by atoms with Gasteiger partial charge in [-0.15, -0.1) is 12.4 Å². The first-order valence-electron chi connectivity index (χ1n) is 5.07. The van der Waals surface area contributed by atoms with E-state index in [9.17, 15) is 0 Å². The van der Waals surface area contributed by atoms with Gasteiger partial charge in [0, 0.05) is 13.2 Å². The van der Waals surface area contributed by atoms with E-state index < -0.39 is 0 Å². The van der Waals surface area contributed by atoms with Crippen molar-refractivity contribution in [2.24, 2.45) is 11.8 Å². The minimum atomic E-state index is 0. The van der Waals surface area contributed by atoms with Crippen molar-refractivity contribution in [3.05, 3.63) is 0 Å². The van der Waals surface area contributed by atoms with Gasteiger partial charge in [0.1, 0.15) is 0 Å². The highest BCUT2D eigenvalue weighted by atomic mass is 35.5. The van der Waals surface area contributed by atoms with Crippen molar-refractivity contribution in [3.63, 3.8) is 0 Å². The van der Waals surface area contributed by atoms with Gasteiger partial charge >= 0.3 is 0 Å². The highest BCUT2D eigenvalue weighted by molar-refractivity contribution is 5.85. The molecule has 0 spiro atoms. The molecule has 0 radical (unpaired) electrons. The van der Waals surface area contributed by atoms with Crippen LogP contribution >= 0.6 is 12.4 Å². The smallest absolute Gasteiger partial charge is 0.0506 e. The van der Waals surface area contributed by atoms with Gasteiger partial charge in [0.05, 0.1) is 6.61 Å². The highest BCUT2D eigenvalue weighted by Gasteiger charge is 2.12. The molecular formula is C10H22ClNO. The van der Waals surface area contributed by atoms with Crippen LogP contribution in [0.25, 0.3) is 0 Å². The van der Waals surface area contributed by atoms with Crippen LogP contribution in [-0.2, 0) is 4.74 Å². The Balaban J connectivity index is 0.00000144. The van der Waals surface area contributed by atoms with E-state index in [4.69, 9.17) is 4.74 Å². The normalized spacial score (nSPS) is 22.8. The molecule has 1 atom stereocenters. The molecule has 1 fully saturated rings. The Bertz CT molecular complexity index is 113. The summed E-state index contributed by atoms with van der Waals surface area (Å²) in [7, 11) is 0. The summed E-state index contributed by atoms with van der Waals surface area (Å²) in [5, 5.41) is 3.39. The molecule has 3 heteroatoms. The molecule has 1 N–H and O–H groups in total. The molecule has 80 valence electrons. The second kappa shape index (κ2) is 7.60. The first-order chi connectivity index (χ1) is 5.79. The Labute approximate surface area is 87.8 Å². The third-order valence-electron chi connectivity index (χ3n) is 2.20. The standard InChI is InChI=1S/C10H21NO.ClH/c1-9(2)7-12-8-10-4-3-5-11-6-10;/h9-11H,3-8H2,1-2H3;1H. The predicted molar refractivity (Wildman–Crippen MR) is 58.5 cm³/mol. The fourth-order valence-corrected chi connectivity index (χ4v) is 1.54. The molecule has 0 saturated carbocycles. The first kappa shape index (κ1) is 13.2. The largest absolute Gasteiger partial charge is 0.381 e. The molecule has 0 aliphatic carbocycles. The summed E-state index contributed by atoms with van der Waals surface area (Å²) in [4.78, 5) is 0. The Morgan fingerprint density at radius 1 is 1.46 bits per heavy atom. The predicted octanol–water partition coefficient (Wildman–Crippen LogP) is 2.08. The van der Waals surface area contributed by atoms with Gasteiger partial charge in [-0.25, -0.2) is 0 Å². The lowest BCUT2D eigenvalue weighted by Crippen LogP contribution is -2.32. The molecule has 0 amide bonds. The average molecular weight is 208 g/mol. The van der Waals surface area contributed by atoms with E-state index in [0.29, 0.717) is 5.92 Å². The van der Waals surface area contributed by atoms with Crippen LogP contribution in [0.1, 0.15) is 26.7 Å². The lowest BCUT2D eigenvalue weighted by atomic mass is 10.0. The van der Waals surface area contributed by atoms with E-state index in [1.165, 1.54) is 19.4 Å². The van der Waals surface area contributed by atoms with Gasteiger partial charge in [0.25, 0.3) is 0 Å². The molecule has 1 heterocycles. The molecule has 1 aliphatic heterocycles. The number of ether oxygens (including phenoxy) is 1. The SMILES string of the molecule is CC(C)COCC1CCCNC1.Cl. The zero-order chi connectivity index (χ0) is 8.81. The van der Waals surface area contributed by atoms with Gasteiger partial charge < -0.3 is 10.1 Å². The highest BCUT2D eigenvalue weighted by Crippen LogP contribution is 2.10. The Kier molecular flexibility index (Phi) is 7.72. The summed E-state index contributed by atoms with van der Waals surface area (Å²) >= 11 is 0. The lowest BCUT2D eigenvalue weighted by Gasteiger charge is -2.22. The summed E-state index contributed by atoms with van der Waals surface area (Å²) in [6.45, 7) is 8.60. The van der Waals surface area contributed by atoms with Gasteiger partial charge in [-0.05, 0) is 31.2 Å². The number of hydrogen-bond donors (Lipinski definition) is 1. The zero-order valence-corrected chi connectivity index (χ0v) is 9.53. The van der Waals surface area contributed by atoms with Crippen LogP contribution in [0.4, 0.5) is 0 Å². The minimum absolute atomic E-state index is 0. The summed E-state index contributed by atoms with van der Waals surface area (Å²) < 4.78 is 5.59. The molecule has 0 aromatic rings. The summed E-state index contributed by atoms with van der Waals surface area (Å²) in [5.41, 5.74) is 0. The summed E-state index contributed by atoms with van der Waals surface area (Å²) in [6.07, 6.45) is 2.65. The Morgan fingerprint density at radius 2 is 2.23 bits per heavy atom. The zero-order valence-electron chi connectivity index (χ0n) is 8.71. The summed E-state index contributed by atoms with van der Waals surface area (Å²) in [5.74, 6) is 1.43. The van der Waals surface area contributed by atoms with Crippen molar-refractivity contribution in [1.82, 2.24) is 5.32 Å². The third kappa shape index (κ3) is 6.30. The van der Waals surface area contributed by atoms with Crippen LogP contribution in [0.15, 0.2) is 0 Å². The van der Waals surface area contributed by atoms with E-state index in [1.807, 2.05) is 0 Å². The van der Waals surface area contributed by atoms with E-state index in [0.717, 1.165) is 25.7 Å². The lowest BCUT2D eigenvalue weighted by molar-refractivity contribution is 0.0718. The van der Waals surface area contributed by atoms with Crippen LogP contribution in [0.3, 0.4) is 0 Å². The maximum Gasteiger partial charge on any atom is 0.0506 e. The maximum atomic E-state index is 5.59. The van der Waals surface area contributed by atoms with Crippen molar-refractivity contribution >= 4 is 12.4 Å². The Hall–Kier alpha value is 0.210. The molecule has 0 bridgehead atoms. The monoisotopic (exact) mass is 207 g/mol. The van der Waals surface area contributed by atoms with Gasteiger partial charge in [0.2, 0.25) is 0 Å².